The maximum absolute atomic E-state index is 13.7. The number of alkyl halides is 3. The Balaban J connectivity index is 2.58. The molecule has 1 nitrogen and oxygen atoms in total. The van der Waals surface area contributed by atoms with Crippen LogP contribution in [0.25, 0.3) is 0 Å². The normalized spacial score (nSPS) is 24.1. The molecule has 0 saturated heterocycles. The van der Waals surface area contributed by atoms with Gasteiger partial charge in [-0.1, -0.05) is 24.3 Å². The first-order valence-electron chi connectivity index (χ1n) is 6.51. The lowest BCUT2D eigenvalue weighted by Gasteiger charge is -2.44. The van der Waals surface area contributed by atoms with Crippen molar-refractivity contribution in [3.8, 4) is 0 Å². The zero-order valence-corrected chi connectivity index (χ0v) is 12.5. The summed E-state index contributed by atoms with van der Waals surface area (Å²) in [6, 6.07) is 6.81. The molecule has 0 aromatic heterocycles. The van der Waals surface area contributed by atoms with Crippen molar-refractivity contribution in [2.45, 2.75) is 50.7 Å². The van der Waals surface area contributed by atoms with Gasteiger partial charge in [0.05, 0.1) is 0 Å². The minimum Gasteiger partial charge on any atom is -0.400 e. The molecule has 0 amide bonds. The molecule has 0 N–H and O–H groups in total. The van der Waals surface area contributed by atoms with E-state index in [0.29, 0.717) is 18.4 Å². The highest BCUT2D eigenvalue weighted by atomic mass is 28.4. The maximum Gasteiger partial charge on any atom is 0.420 e. The second kappa shape index (κ2) is 4.63. The van der Waals surface area contributed by atoms with Crippen LogP contribution < -0.4 is 0 Å². The van der Waals surface area contributed by atoms with Gasteiger partial charge in [-0.05, 0) is 50.0 Å². The quantitative estimate of drug-likeness (QED) is 0.721. The highest BCUT2D eigenvalue weighted by molar-refractivity contribution is 6.69. The largest absolute Gasteiger partial charge is 0.420 e. The topological polar surface area (TPSA) is 9.23 Å². The number of aryl methyl sites for hydroxylation is 1. The van der Waals surface area contributed by atoms with Crippen LogP contribution in [0.4, 0.5) is 13.2 Å². The zero-order valence-electron chi connectivity index (χ0n) is 11.5. The first-order chi connectivity index (χ1) is 8.66. The molecule has 0 saturated carbocycles. The van der Waals surface area contributed by atoms with Crippen LogP contribution in [-0.2, 0) is 16.4 Å². The number of fused-ring (bicyclic) bond motifs is 1. The highest BCUT2D eigenvalue weighted by Gasteiger charge is 2.59. The smallest absolute Gasteiger partial charge is 0.400 e. The predicted molar refractivity (Wildman–Crippen MR) is 71.5 cm³/mol. The molecular weight excluding hydrogens is 269 g/mol. The van der Waals surface area contributed by atoms with Crippen molar-refractivity contribution in [2.24, 2.45) is 0 Å². The average Bonchev–Trinajstić information content (AvgIpc) is 2.26. The summed E-state index contributed by atoms with van der Waals surface area (Å²) in [4.78, 5) is 0. The van der Waals surface area contributed by atoms with Gasteiger partial charge in [-0.25, -0.2) is 0 Å². The molecule has 0 fully saturated rings. The van der Waals surface area contributed by atoms with Crippen molar-refractivity contribution in [3.05, 3.63) is 35.4 Å². The van der Waals surface area contributed by atoms with E-state index in [1.807, 2.05) is 0 Å². The first-order valence-corrected chi connectivity index (χ1v) is 9.92. The maximum atomic E-state index is 13.7. The summed E-state index contributed by atoms with van der Waals surface area (Å²) >= 11 is 0. The minimum atomic E-state index is -4.37. The van der Waals surface area contributed by atoms with Crippen LogP contribution in [-0.4, -0.2) is 14.5 Å². The monoisotopic (exact) mass is 288 g/mol. The van der Waals surface area contributed by atoms with Crippen molar-refractivity contribution in [1.82, 2.24) is 0 Å². The molecule has 0 heterocycles. The van der Waals surface area contributed by atoms with E-state index in [1.165, 1.54) is 0 Å². The Labute approximate surface area is 112 Å². The van der Waals surface area contributed by atoms with Gasteiger partial charge in [0.15, 0.2) is 13.9 Å². The number of benzene rings is 1. The van der Waals surface area contributed by atoms with Crippen molar-refractivity contribution in [3.63, 3.8) is 0 Å². The van der Waals surface area contributed by atoms with Gasteiger partial charge in [0.2, 0.25) is 0 Å². The molecule has 0 unspecified atom stereocenters. The van der Waals surface area contributed by atoms with Gasteiger partial charge in [-0.15, -0.1) is 0 Å². The Morgan fingerprint density at radius 3 is 2.37 bits per heavy atom. The van der Waals surface area contributed by atoms with Gasteiger partial charge >= 0.3 is 6.18 Å². The Morgan fingerprint density at radius 1 is 1.16 bits per heavy atom. The summed E-state index contributed by atoms with van der Waals surface area (Å²) in [6.07, 6.45) is -3.13. The second-order valence-electron chi connectivity index (χ2n) is 6.05. The second-order valence-corrected chi connectivity index (χ2v) is 10.5. The third kappa shape index (κ3) is 2.72. The SMILES string of the molecule is C[Si](C)(C)O[C@]1(C(F)(F)F)CCCc2ccccc21. The third-order valence-electron chi connectivity index (χ3n) is 3.37. The van der Waals surface area contributed by atoms with Crippen LogP contribution in [0.3, 0.4) is 0 Å². The van der Waals surface area contributed by atoms with Crippen molar-refractivity contribution >= 4 is 8.32 Å². The molecule has 1 aliphatic rings. The standard InChI is InChI=1S/C14H19F3OSi/c1-19(2,3)18-13(14(15,16)17)10-6-8-11-7-4-5-9-12(11)13/h4-5,7,9H,6,8,10H2,1-3H3/t13-/m1/s1. The molecular formula is C14H19F3OSi. The van der Waals surface area contributed by atoms with E-state index in [9.17, 15) is 13.2 Å². The number of halogens is 3. The molecule has 1 atom stereocenters. The summed E-state index contributed by atoms with van der Waals surface area (Å²) in [6.45, 7) is 5.41. The number of hydrogen-bond acceptors (Lipinski definition) is 1. The summed E-state index contributed by atoms with van der Waals surface area (Å²) < 4.78 is 46.8. The molecule has 5 heteroatoms. The molecule has 0 aliphatic heterocycles. The summed E-state index contributed by atoms with van der Waals surface area (Å²) in [5.41, 5.74) is -1.02. The molecule has 1 aromatic rings. The van der Waals surface area contributed by atoms with E-state index in [-0.39, 0.29) is 6.42 Å². The fraction of sp³-hybridized carbons (Fsp3) is 0.571. The van der Waals surface area contributed by atoms with Gasteiger partial charge in [0, 0.05) is 0 Å². The Bertz CT molecular complexity index is 464. The molecule has 1 aromatic carbocycles. The number of hydrogen-bond donors (Lipinski definition) is 0. The summed E-state index contributed by atoms with van der Waals surface area (Å²) in [7, 11) is -2.32. The van der Waals surface area contributed by atoms with Crippen molar-refractivity contribution < 1.29 is 17.6 Å². The molecule has 106 valence electrons. The van der Waals surface area contributed by atoms with Crippen LogP contribution >= 0.6 is 0 Å². The van der Waals surface area contributed by atoms with Gasteiger partial charge < -0.3 is 4.43 Å². The van der Waals surface area contributed by atoms with Gasteiger partial charge in [-0.2, -0.15) is 13.2 Å². The van der Waals surface area contributed by atoms with E-state index >= 15 is 0 Å². The third-order valence-corrected chi connectivity index (χ3v) is 4.33. The van der Waals surface area contributed by atoms with E-state index in [4.69, 9.17) is 4.43 Å². The van der Waals surface area contributed by atoms with Gasteiger partial charge in [-0.3, -0.25) is 0 Å². The fourth-order valence-corrected chi connectivity index (χ4v) is 4.15. The molecule has 0 bridgehead atoms. The first kappa shape index (κ1) is 14.6. The average molecular weight is 288 g/mol. The lowest BCUT2D eigenvalue weighted by atomic mass is 9.79. The van der Waals surface area contributed by atoms with Crippen LogP contribution in [0, 0.1) is 0 Å². The minimum absolute atomic E-state index is 0.0256. The Kier molecular flexibility index (Phi) is 3.56. The van der Waals surface area contributed by atoms with E-state index < -0.39 is 20.1 Å². The summed E-state index contributed by atoms with van der Waals surface area (Å²) in [5.74, 6) is 0. The predicted octanol–water partition coefficient (Wildman–Crippen LogP) is 4.63. The van der Waals surface area contributed by atoms with E-state index in [2.05, 4.69) is 0 Å². The Hall–Kier alpha value is -0.813. The van der Waals surface area contributed by atoms with Crippen LogP contribution in [0.15, 0.2) is 24.3 Å². The zero-order chi connectivity index (χ0) is 14.3. The molecule has 0 spiro atoms. The lowest BCUT2D eigenvalue weighted by Crippen LogP contribution is -2.52. The van der Waals surface area contributed by atoms with Crippen LogP contribution in [0.1, 0.15) is 24.0 Å². The van der Waals surface area contributed by atoms with Crippen LogP contribution in [0.5, 0.6) is 0 Å². The Morgan fingerprint density at radius 2 is 1.79 bits per heavy atom. The molecule has 2 rings (SSSR count). The number of rotatable bonds is 2. The van der Waals surface area contributed by atoms with Gasteiger partial charge in [0.25, 0.3) is 0 Å². The van der Waals surface area contributed by atoms with E-state index in [0.717, 1.165) is 5.56 Å². The summed E-state index contributed by atoms with van der Waals surface area (Å²) in [5, 5.41) is 0. The molecule has 19 heavy (non-hydrogen) atoms. The van der Waals surface area contributed by atoms with Crippen molar-refractivity contribution in [1.29, 1.82) is 0 Å². The molecule has 0 radical (unpaired) electrons. The van der Waals surface area contributed by atoms with Crippen LogP contribution in [0.2, 0.25) is 19.6 Å². The molecule has 1 aliphatic carbocycles. The fourth-order valence-electron chi connectivity index (χ4n) is 2.78. The van der Waals surface area contributed by atoms with Crippen molar-refractivity contribution in [2.75, 3.05) is 0 Å². The highest BCUT2D eigenvalue weighted by Crippen LogP contribution is 2.50. The van der Waals surface area contributed by atoms with Gasteiger partial charge in [0.1, 0.15) is 0 Å². The lowest BCUT2D eigenvalue weighted by molar-refractivity contribution is -0.263. The van der Waals surface area contributed by atoms with E-state index in [1.54, 1.807) is 43.9 Å².